The summed E-state index contributed by atoms with van der Waals surface area (Å²) in [6, 6.07) is 5.49. The number of nitrogens with zero attached hydrogens (tertiary/aromatic N) is 1. The molecule has 37 heavy (non-hydrogen) atoms. The summed E-state index contributed by atoms with van der Waals surface area (Å²) in [5, 5.41) is 11.4. The second kappa shape index (κ2) is 13.6. The highest BCUT2D eigenvalue weighted by Crippen LogP contribution is 2.32. The average molecular weight is 541 g/mol. The smallest absolute Gasteiger partial charge is 0.480 e. The van der Waals surface area contributed by atoms with E-state index in [0.29, 0.717) is 25.1 Å². The Morgan fingerprint density at radius 3 is 2.43 bits per heavy atom. The molecule has 2 aliphatic rings. The van der Waals surface area contributed by atoms with Crippen molar-refractivity contribution in [2.75, 3.05) is 6.54 Å². The fraction of sp³-hybridized carbons (Fsp3) is 0.481. The van der Waals surface area contributed by atoms with E-state index in [9.17, 15) is 27.9 Å². The minimum atomic E-state index is -4.78. The van der Waals surface area contributed by atoms with Crippen LogP contribution in [0.3, 0.4) is 0 Å². The lowest BCUT2D eigenvalue weighted by molar-refractivity contribution is -0.303. The Balaban J connectivity index is 0.00000235. The van der Waals surface area contributed by atoms with E-state index in [0.717, 1.165) is 16.0 Å². The predicted octanol–water partition coefficient (Wildman–Crippen LogP) is 6.68. The summed E-state index contributed by atoms with van der Waals surface area (Å²) in [5.74, 6) is -0.990. The van der Waals surface area contributed by atoms with Gasteiger partial charge in [-0.1, -0.05) is 39.8 Å². The number of amides is 2. The number of nitrogens with one attached hydrogen (secondary N) is 1. The monoisotopic (exact) mass is 540 g/mol. The Labute approximate surface area is 220 Å². The number of carboxylic acids is 1. The molecule has 1 aromatic carbocycles. The number of carboxylic acid groups (broad SMARTS) is 1. The standard InChI is InChI=1S/C25H29F3N2O4S.C2H6/c1-15(2)14-30(24(33)29-19-5-4-6-21(9-8-19)34-25(26,27)28)20-11-17-7-10-22(13-18(17)12-20)35-16(3)23(31)32;1-2/h5-10,13,15-16,20H,4,11-12,14H2,1-3H3,(H,29,33)(H,31,32);1-2H3. The van der Waals surface area contributed by atoms with E-state index in [2.05, 4.69) is 10.1 Å². The van der Waals surface area contributed by atoms with Gasteiger partial charge in [0.05, 0.1) is 0 Å². The second-order valence-corrected chi connectivity index (χ2v) is 10.4. The maximum absolute atomic E-state index is 13.2. The number of aliphatic carboxylic acids is 1. The molecule has 2 N–H and O–H groups in total. The topological polar surface area (TPSA) is 78.9 Å². The van der Waals surface area contributed by atoms with Crippen LogP contribution >= 0.6 is 11.8 Å². The van der Waals surface area contributed by atoms with Gasteiger partial charge in [0.25, 0.3) is 0 Å². The van der Waals surface area contributed by atoms with Crippen LogP contribution in [0.1, 0.15) is 52.2 Å². The van der Waals surface area contributed by atoms with Gasteiger partial charge in [0.15, 0.2) is 0 Å². The summed E-state index contributed by atoms with van der Waals surface area (Å²) in [6.45, 7) is 10.2. The van der Waals surface area contributed by atoms with Gasteiger partial charge in [0, 0.05) is 23.2 Å². The lowest BCUT2D eigenvalue weighted by Gasteiger charge is -2.31. The fourth-order valence-corrected chi connectivity index (χ4v) is 4.88. The second-order valence-electron chi connectivity index (χ2n) is 8.95. The number of ether oxygens (including phenoxy) is 1. The summed E-state index contributed by atoms with van der Waals surface area (Å²) in [7, 11) is 0. The third-order valence-corrected chi connectivity index (χ3v) is 6.66. The van der Waals surface area contributed by atoms with Crippen LogP contribution in [0.25, 0.3) is 0 Å². The van der Waals surface area contributed by atoms with Crippen molar-refractivity contribution in [1.82, 2.24) is 10.2 Å². The molecular formula is C27H35F3N2O4S. The molecule has 204 valence electrons. The number of thioether (sulfide) groups is 1. The lowest BCUT2D eigenvalue weighted by Crippen LogP contribution is -2.47. The Kier molecular flexibility index (Phi) is 11.2. The van der Waals surface area contributed by atoms with Crippen molar-refractivity contribution in [1.29, 1.82) is 0 Å². The molecule has 0 bridgehead atoms. The molecule has 2 unspecified atom stereocenters. The van der Waals surface area contributed by atoms with Crippen LogP contribution in [0.15, 0.2) is 58.9 Å². The summed E-state index contributed by atoms with van der Waals surface area (Å²) in [4.78, 5) is 27.1. The molecule has 0 aliphatic heterocycles. The van der Waals surface area contributed by atoms with Crippen LogP contribution in [0.2, 0.25) is 0 Å². The molecule has 0 saturated carbocycles. The summed E-state index contributed by atoms with van der Waals surface area (Å²) < 4.78 is 41.5. The summed E-state index contributed by atoms with van der Waals surface area (Å²) in [6.07, 6.45) is 2.23. The molecule has 2 atom stereocenters. The van der Waals surface area contributed by atoms with Crippen molar-refractivity contribution >= 4 is 23.8 Å². The van der Waals surface area contributed by atoms with Crippen molar-refractivity contribution in [3.63, 3.8) is 0 Å². The lowest BCUT2D eigenvalue weighted by atomic mass is 10.1. The first-order chi connectivity index (χ1) is 17.4. The molecule has 6 nitrogen and oxygen atoms in total. The summed E-state index contributed by atoms with van der Waals surface area (Å²) >= 11 is 1.28. The van der Waals surface area contributed by atoms with E-state index in [-0.39, 0.29) is 30.2 Å². The molecule has 3 rings (SSSR count). The van der Waals surface area contributed by atoms with E-state index >= 15 is 0 Å². The van der Waals surface area contributed by atoms with Gasteiger partial charge in [0.2, 0.25) is 0 Å². The van der Waals surface area contributed by atoms with Crippen molar-refractivity contribution in [2.45, 2.75) is 76.4 Å². The van der Waals surface area contributed by atoms with Crippen molar-refractivity contribution in [3.8, 4) is 0 Å². The van der Waals surface area contributed by atoms with Crippen LogP contribution in [0.4, 0.5) is 18.0 Å². The highest BCUT2D eigenvalue weighted by molar-refractivity contribution is 8.00. The first-order valence-electron chi connectivity index (χ1n) is 12.3. The fourth-order valence-electron chi connectivity index (χ4n) is 4.02. The number of alkyl halides is 3. The van der Waals surface area contributed by atoms with Crippen LogP contribution < -0.4 is 5.32 Å². The number of carbonyl (C=O) groups is 2. The number of rotatable bonds is 8. The van der Waals surface area contributed by atoms with Crippen molar-refractivity contribution in [2.24, 2.45) is 5.92 Å². The minimum absolute atomic E-state index is 0.0813. The quantitative estimate of drug-likeness (QED) is 0.360. The third kappa shape index (κ3) is 9.50. The normalized spacial score (nSPS) is 17.5. The predicted molar refractivity (Wildman–Crippen MR) is 139 cm³/mol. The van der Waals surface area contributed by atoms with Crippen LogP contribution in [-0.2, 0) is 22.4 Å². The van der Waals surface area contributed by atoms with Gasteiger partial charge in [-0.3, -0.25) is 4.79 Å². The SMILES string of the molecule is CC.CC(C)CN(C(=O)NC1=CCC=C(OC(F)(F)F)C=C1)C1Cc2ccc(SC(C)C(=O)O)cc2C1. The minimum Gasteiger partial charge on any atom is -0.480 e. The average Bonchev–Trinajstić information content (AvgIpc) is 3.11. The molecule has 0 fully saturated rings. The first-order valence-corrected chi connectivity index (χ1v) is 13.2. The highest BCUT2D eigenvalue weighted by Gasteiger charge is 2.32. The van der Waals surface area contributed by atoms with Crippen LogP contribution in [-0.4, -0.2) is 46.2 Å². The first kappa shape index (κ1) is 30.3. The number of hydrogen-bond acceptors (Lipinski definition) is 4. The van der Waals surface area contributed by atoms with E-state index in [4.69, 9.17) is 0 Å². The third-order valence-electron chi connectivity index (χ3n) is 5.58. The number of benzene rings is 1. The summed E-state index contributed by atoms with van der Waals surface area (Å²) in [5.41, 5.74) is 2.61. The molecule has 0 saturated heterocycles. The maximum Gasteiger partial charge on any atom is 0.573 e. The number of fused-ring (bicyclic) bond motifs is 1. The van der Waals surface area contributed by atoms with Crippen molar-refractivity contribution < 1.29 is 32.6 Å². The molecule has 0 spiro atoms. The molecule has 1 aromatic rings. The van der Waals surface area contributed by atoms with Crippen LogP contribution in [0.5, 0.6) is 0 Å². The van der Waals surface area contributed by atoms with Gasteiger partial charge >= 0.3 is 18.4 Å². The molecule has 0 radical (unpaired) electrons. The number of hydrogen-bond donors (Lipinski definition) is 2. The van der Waals surface area contributed by atoms with E-state index in [1.165, 1.54) is 30.0 Å². The number of carbonyl (C=O) groups excluding carboxylic acids is 1. The van der Waals surface area contributed by atoms with Gasteiger partial charge in [-0.15, -0.1) is 24.9 Å². The Hall–Kier alpha value is -2.88. The van der Waals surface area contributed by atoms with Gasteiger partial charge < -0.3 is 20.1 Å². The van der Waals surface area contributed by atoms with Gasteiger partial charge in [-0.2, -0.15) is 0 Å². The zero-order chi connectivity index (χ0) is 27.8. The largest absolute Gasteiger partial charge is 0.573 e. The van der Waals surface area contributed by atoms with Crippen molar-refractivity contribution in [3.05, 3.63) is 65.1 Å². The Morgan fingerprint density at radius 2 is 1.81 bits per heavy atom. The van der Waals surface area contributed by atoms with Gasteiger partial charge in [-0.05, 0) is 73.6 Å². The van der Waals surface area contributed by atoms with Crippen LogP contribution in [0, 0.1) is 5.92 Å². The number of halogens is 3. The highest BCUT2D eigenvalue weighted by atomic mass is 32.2. The molecule has 2 amide bonds. The van der Waals surface area contributed by atoms with Gasteiger partial charge in [-0.25, -0.2) is 4.79 Å². The zero-order valence-corrected chi connectivity index (χ0v) is 22.6. The Morgan fingerprint density at radius 1 is 1.14 bits per heavy atom. The molecule has 0 heterocycles. The van der Waals surface area contributed by atoms with E-state index < -0.39 is 17.6 Å². The molecule has 0 aromatic heterocycles. The van der Waals surface area contributed by atoms with E-state index in [1.54, 1.807) is 17.9 Å². The molecular weight excluding hydrogens is 505 g/mol. The molecule has 10 heteroatoms. The Bertz CT molecular complexity index is 1050. The van der Waals surface area contributed by atoms with Gasteiger partial charge in [0.1, 0.15) is 11.0 Å². The molecule has 2 aliphatic carbocycles. The number of allylic oxidation sites excluding steroid dienone is 4. The maximum atomic E-state index is 13.2. The zero-order valence-electron chi connectivity index (χ0n) is 21.8. The van der Waals surface area contributed by atoms with E-state index in [1.807, 2.05) is 45.9 Å². The number of urea groups is 1.